The maximum absolute atomic E-state index is 10.5. The Labute approximate surface area is 168 Å². The minimum absolute atomic E-state index is 0.490. The Morgan fingerprint density at radius 1 is 0.929 bits per heavy atom. The van der Waals surface area contributed by atoms with Gasteiger partial charge in [0.15, 0.2) is 11.0 Å². The first-order valence-corrected chi connectivity index (χ1v) is 9.99. The van der Waals surface area contributed by atoms with Crippen molar-refractivity contribution < 1.29 is 5.11 Å². The van der Waals surface area contributed by atoms with E-state index in [-0.39, 0.29) is 0 Å². The molecule has 0 saturated carbocycles. The van der Waals surface area contributed by atoms with Gasteiger partial charge in [0.1, 0.15) is 0 Å². The minimum atomic E-state index is -0.571. The van der Waals surface area contributed by atoms with Crippen molar-refractivity contribution in [2.24, 2.45) is 0 Å². The topological polar surface area (TPSA) is 63.8 Å². The molecule has 1 atom stereocenters. The highest BCUT2D eigenvalue weighted by molar-refractivity contribution is 7.99. The quantitative estimate of drug-likeness (QED) is 0.494. The number of benzene rings is 2. The molecule has 4 aromatic rings. The van der Waals surface area contributed by atoms with E-state index in [1.807, 2.05) is 47.0 Å². The Bertz CT molecular complexity index is 1030. The monoisotopic (exact) mass is 388 g/mol. The van der Waals surface area contributed by atoms with E-state index >= 15 is 0 Å². The molecule has 0 fully saturated rings. The van der Waals surface area contributed by atoms with Gasteiger partial charge in [-0.15, -0.1) is 10.2 Å². The van der Waals surface area contributed by atoms with Crippen LogP contribution in [-0.2, 0) is 0 Å². The Morgan fingerprint density at radius 2 is 1.64 bits per heavy atom. The molecule has 4 rings (SSSR count). The van der Waals surface area contributed by atoms with E-state index in [0.717, 1.165) is 27.8 Å². The summed E-state index contributed by atoms with van der Waals surface area (Å²) in [5.74, 6) is 1.24. The van der Waals surface area contributed by atoms with E-state index in [4.69, 9.17) is 0 Å². The van der Waals surface area contributed by atoms with Crippen LogP contribution in [0.2, 0.25) is 0 Å². The molecular weight excluding hydrogens is 368 g/mol. The van der Waals surface area contributed by atoms with Crippen LogP contribution in [0.25, 0.3) is 17.1 Å². The molecule has 0 aliphatic heterocycles. The first-order valence-electron chi connectivity index (χ1n) is 9.01. The molecule has 6 heteroatoms. The SMILES string of the molecule is Cc1ccc(-n2c(SC[C@H](O)c3ccccc3)nnc2-c2ccncc2)cc1. The van der Waals surface area contributed by atoms with Crippen molar-refractivity contribution in [3.05, 3.63) is 90.3 Å². The van der Waals surface area contributed by atoms with Gasteiger partial charge in [-0.05, 0) is 36.8 Å². The van der Waals surface area contributed by atoms with Gasteiger partial charge in [0, 0.05) is 29.4 Å². The molecule has 5 nitrogen and oxygen atoms in total. The van der Waals surface area contributed by atoms with Crippen LogP contribution in [0.5, 0.6) is 0 Å². The van der Waals surface area contributed by atoms with Crippen LogP contribution in [0.1, 0.15) is 17.2 Å². The lowest BCUT2D eigenvalue weighted by atomic mass is 10.1. The molecule has 0 bridgehead atoms. The molecule has 140 valence electrons. The molecule has 28 heavy (non-hydrogen) atoms. The summed E-state index contributed by atoms with van der Waals surface area (Å²) in [6.07, 6.45) is 2.92. The number of aliphatic hydroxyl groups is 1. The zero-order valence-electron chi connectivity index (χ0n) is 15.4. The highest BCUT2D eigenvalue weighted by atomic mass is 32.2. The van der Waals surface area contributed by atoms with Gasteiger partial charge in [-0.2, -0.15) is 0 Å². The van der Waals surface area contributed by atoms with Gasteiger partial charge < -0.3 is 5.11 Å². The van der Waals surface area contributed by atoms with Crippen molar-refractivity contribution in [3.8, 4) is 17.1 Å². The number of aryl methyl sites for hydroxylation is 1. The third-order valence-electron chi connectivity index (χ3n) is 4.42. The van der Waals surface area contributed by atoms with Crippen LogP contribution in [0, 0.1) is 6.92 Å². The van der Waals surface area contributed by atoms with Gasteiger partial charge in [-0.3, -0.25) is 9.55 Å². The Kier molecular flexibility index (Phi) is 5.50. The van der Waals surface area contributed by atoms with Crippen LogP contribution in [-0.4, -0.2) is 30.6 Å². The lowest BCUT2D eigenvalue weighted by Crippen LogP contribution is -2.03. The van der Waals surface area contributed by atoms with Crippen LogP contribution in [0.15, 0.2) is 84.3 Å². The molecule has 2 aromatic heterocycles. The van der Waals surface area contributed by atoms with Gasteiger partial charge in [-0.25, -0.2) is 0 Å². The third-order valence-corrected chi connectivity index (χ3v) is 5.42. The Balaban J connectivity index is 1.67. The molecule has 0 radical (unpaired) electrons. The summed E-state index contributed by atoms with van der Waals surface area (Å²) in [4.78, 5) is 4.09. The fourth-order valence-electron chi connectivity index (χ4n) is 2.90. The normalized spacial score (nSPS) is 12.1. The second-order valence-electron chi connectivity index (χ2n) is 6.45. The minimum Gasteiger partial charge on any atom is -0.388 e. The number of aromatic nitrogens is 4. The average molecular weight is 388 g/mol. The highest BCUT2D eigenvalue weighted by Gasteiger charge is 2.18. The summed E-state index contributed by atoms with van der Waals surface area (Å²) in [6.45, 7) is 2.06. The number of hydrogen-bond donors (Lipinski definition) is 1. The number of hydrogen-bond acceptors (Lipinski definition) is 5. The maximum Gasteiger partial charge on any atom is 0.196 e. The summed E-state index contributed by atoms with van der Waals surface area (Å²) in [7, 11) is 0. The zero-order chi connectivity index (χ0) is 19.3. The number of pyridine rings is 1. The molecule has 0 unspecified atom stereocenters. The third kappa shape index (κ3) is 3.98. The smallest absolute Gasteiger partial charge is 0.196 e. The van der Waals surface area contributed by atoms with Gasteiger partial charge in [0.05, 0.1) is 6.10 Å². The summed E-state index contributed by atoms with van der Waals surface area (Å²) in [5, 5.41) is 20.1. The van der Waals surface area contributed by atoms with Gasteiger partial charge in [0.2, 0.25) is 0 Å². The average Bonchev–Trinajstić information content (AvgIpc) is 3.18. The van der Waals surface area contributed by atoms with Gasteiger partial charge in [0.25, 0.3) is 0 Å². The van der Waals surface area contributed by atoms with Crippen molar-refractivity contribution >= 4 is 11.8 Å². The molecule has 0 aliphatic rings. The molecule has 0 spiro atoms. The van der Waals surface area contributed by atoms with Crippen molar-refractivity contribution in [1.29, 1.82) is 0 Å². The van der Waals surface area contributed by atoms with Crippen LogP contribution in [0.4, 0.5) is 0 Å². The highest BCUT2D eigenvalue weighted by Crippen LogP contribution is 2.30. The second-order valence-corrected chi connectivity index (χ2v) is 7.44. The number of aliphatic hydroxyl groups excluding tert-OH is 1. The van der Waals surface area contributed by atoms with Crippen LogP contribution in [0.3, 0.4) is 0 Å². The molecule has 0 saturated heterocycles. The standard InChI is InChI=1S/C22H20N4OS/c1-16-7-9-19(10-8-16)26-21(18-11-13-23-14-12-18)24-25-22(26)28-15-20(27)17-5-3-2-4-6-17/h2-14,20,27H,15H2,1H3/t20-/m0/s1. The predicted molar refractivity (Wildman–Crippen MR) is 111 cm³/mol. The van der Waals surface area contributed by atoms with Crippen molar-refractivity contribution in [3.63, 3.8) is 0 Å². The summed E-state index contributed by atoms with van der Waals surface area (Å²) in [5.41, 5.74) is 4.01. The fraction of sp³-hybridized carbons (Fsp3) is 0.136. The number of thioether (sulfide) groups is 1. The lowest BCUT2D eigenvalue weighted by molar-refractivity contribution is 0.204. The number of nitrogens with zero attached hydrogens (tertiary/aromatic N) is 4. The fourth-order valence-corrected chi connectivity index (χ4v) is 3.82. The van der Waals surface area contributed by atoms with E-state index in [9.17, 15) is 5.11 Å². The first kappa shape index (κ1) is 18.4. The molecule has 0 aliphatic carbocycles. The van der Waals surface area contributed by atoms with Crippen LogP contribution >= 0.6 is 11.8 Å². The first-order chi connectivity index (χ1) is 13.7. The number of rotatable bonds is 6. The van der Waals surface area contributed by atoms with Crippen molar-refractivity contribution in [2.45, 2.75) is 18.2 Å². The van der Waals surface area contributed by atoms with Crippen LogP contribution < -0.4 is 0 Å². The van der Waals surface area contributed by atoms with Gasteiger partial charge in [-0.1, -0.05) is 59.8 Å². The van der Waals surface area contributed by atoms with E-state index in [1.54, 1.807) is 12.4 Å². The molecule has 2 heterocycles. The van der Waals surface area contributed by atoms with Crippen molar-refractivity contribution in [1.82, 2.24) is 19.7 Å². The predicted octanol–water partition coefficient (Wildman–Crippen LogP) is 4.46. The zero-order valence-corrected chi connectivity index (χ0v) is 16.3. The lowest BCUT2D eigenvalue weighted by Gasteiger charge is -2.13. The largest absolute Gasteiger partial charge is 0.388 e. The van der Waals surface area contributed by atoms with E-state index in [2.05, 4.69) is 46.4 Å². The molecule has 1 N–H and O–H groups in total. The molecule has 2 aromatic carbocycles. The maximum atomic E-state index is 10.5. The van der Waals surface area contributed by atoms with E-state index in [1.165, 1.54) is 17.3 Å². The Hall–Kier alpha value is -2.96. The van der Waals surface area contributed by atoms with E-state index in [0.29, 0.717) is 5.75 Å². The van der Waals surface area contributed by atoms with Gasteiger partial charge >= 0.3 is 0 Å². The molecule has 0 amide bonds. The second kappa shape index (κ2) is 8.37. The summed E-state index contributed by atoms with van der Waals surface area (Å²) in [6, 6.07) is 21.7. The van der Waals surface area contributed by atoms with E-state index < -0.39 is 6.10 Å². The summed E-state index contributed by atoms with van der Waals surface area (Å²) >= 11 is 1.49. The molecular formula is C22H20N4OS. The summed E-state index contributed by atoms with van der Waals surface area (Å²) < 4.78 is 2.02. The van der Waals surface area contributed by atoms with Crippen molar-refractivity contribution in [2.75, 3.05) is 5.75 Å². The Morgan fingerprint density at radius 3 is 2.36 bits per heavy atom.